The summed E-state index contributed by atoms with van der Waals surface area (Å²) in [7, 11) is -4.26. The van der Waals surface area contributed by atoms with Crippen molar-refractivity contribution in [1.82, 2.24) is 0 Å². The van der Waals surface area contributed by atoms with E-state index in [0.29, 0.717) is 19.6 Å². The molecule has 44 heavy (non-hydrogen) atoms. The van der Waals surface area contributed by atoms with E-state index in [1.807, 2.05) is 37.3 Å². The first-order valence-electron chi connectivity index (χ1n) is 13.4. The van der Waals surface area contributed by atoms with E-state index in [2.05, 4.69) is 0 Å². The van der Waals surface area contributed by atoms with Crippen molar-refractivity contribution < 1.29 is 32.3 Å². The number of esters is 2. The average Bonchev–Trinajstić information content (AvgIpc) is 3.60. The summed E-state index contributed by atoms with van der Waals surface area (Å²) < 4.78 is 40.8. The Morgan fingerprint density at radius 1 is 0.636 bits per heavy atom. The summed E-state index contributed by atoms with van der Waals surface area (Å²) in [5.41, 5.74) is 0.975. The zero-order valence-corrected chi connectivity index (χ0v) is 28.8. The number of carbonyl (C=O) groups is 3. The molecule has 0 fully saturated rings. The summed E-state index contributed by atoms with van der Waals surface area (Å²) in [5.74, 6) is -1.23. The van der Waals surface area contributed by atoms with E-state index in [0.717, 1.165) is 38.9 Å². The van der Waals surface area contributed by atoms with Gasteiger partial charge in [0, 0.05) is 19.3 Å². The molecular formula is C32H28O7S5. The minimum Gasteiger partial charge on any atom is -0.424 e. The smallest absolute Gasteiger partial charge is 0.308 e. The Bertz CT molecular complexity index is 1810. The molecular weight excluding hydrogens is 657 g/mol. The standard InChI is InChI=1S/C32H28O7S5/c1-17(20-13-9-7-10-14-20)30-40-24-22(38-18(2)33)26-27(23(25(24)41-30)39-19(3)34)43-31(42-26)28(29(35)32(4,5)6)44(36,37)21-15-11-8-12-16-21/h7-16H,1-6H3. The Labute approximate surface area is 273 Å². The molecule has 0 radical (unpaired) electrons. The fraction of sp³-hybridized carbons (Fsp3) is 0.219. The van der Waals surface area contributed by atoms with Crippen LogP contribution in [0.5, 0.6) is 11.5 Å². The van der Waals surface area contributed by atoms with Crippen LogP contribution >= 0.6 is 47.0 Å². The Morgan fingerprint density at radius 3 is 1.45 bits per heavy atom. The van der Waals surface area contributed by atoms with Gasteiger partial charge in [-0.15, -0.1) is 0 Å². The van der Waals surface area contributed by atoms with Gasteiger partial charge in [0.25, 0.3) is 0 Å². The zero-order chi connectivity index (χ0) is 32.0. The molecule has 0 N–H and O–H groups in total. The molecule has 12 heteroatoms. The van der Waals surface area contributed by atoms with Crippen molar-refractivity contribution in [2.75, 3.05) is 0 Å². The van der Waals surface area contributed by atoms with Crippen LogP contribution in [0.4, 0.5) is 0 Å². The largest absolute Gasteiger partial charge is 0.424 e. The van der Waals surface area contributed by atoms with Gasteiger partial charge < -0.3 is 9.47 Å². The second-order valence-corrected chi connectivity index (χ2v) is 17.3. The zero-order valence-electron chi connectivity index (χ0n) is 24.7. The first kappa shape index (κ1) is 32.5. The molecule has 5 rings (SSSR count). The normalized spacial score (nSPS) is 14.1. The Balaban J connectivity index is 1.75. The van der Waals surface area contributed by atoms with Crippen LogP contribution in [0, 0.1) is 5.41 Å². The minimum absolute atomic E-state index is 0.0163. The molecule has 0 unspecified atom stereocenters. The van der Waals surface area contributed by atoms with Crippen LogP contribution in [0.3, 0.4) is 0 Å². The number of fused-ring (bicyclic) bond motifs is 2. The quantitative estimate of drug-likeness (QED) is 0.142. The van der Waals surface area contributed by atoms with Crippen molar-refractivity contribution in [3.8, 4) is 11.5 Å². The van der Waals surface area contributed by atoms with Crippen molar-refractivity contribution in [2.24, 2.45) is 5.41 Å². The van der Waals surface area contributed by atoms with Gasteiger partial charge in [0.05, 0.1) is 33.0 Å². The molecule has 0 saturated carbocycles. The van der Waals surface area contributed by atoms with Gasteiger partial charge in [-0.3, -0.25) is 14.4 Å². The van der Waals surface area contributed by atoms with E-state index in [1.165, 1.54) is 49.5 Å². The van der Waals surface area contributed by atoms with Crippen LogP contribution in [0.25, 0.3) is 5.57 Å². The number of thioether (sulfide) groups is 4. The highest BCUT2D eigenvalue weighted by molar-refractivity contribution is 8.26. The molecule has 2 aliphatic heterocycles. The highest BCUT2D eigenvalue weighted by atomic mass is 32.2. The van der Waals surface area contributed by atoms with Crippen LogP contribution in [-0.4, -0.2) is 26.1 Å². The molecule has 0 amide bonds. The number of ether oxygens (including phenoxy) is 2. The van der Waals surface area contributed by atoms with Crippen molar-refractivity contribution in [1.29, 1.82) is 0 Å². The minimum atomic E-state index is -4.26. The number of rotatable bonds is 6. The van der Waals surface area contributed by atoms with Crippen LogP contribution in [0.15, 0.2) is 98.5 Å². The number of allylic oxidation sites excluding steroid dienone is 2. The summed E-state index contributed by atoms with van der Waals surface area (Å²) in [6.45, 7) is 9.54. The molecule has 2 aliphatic rings. The van der Waals surface area contributed by atoms with Crippen molar-refractivity contribution in [3.05, 3.63) is 79.6 Å². The molecule has 2 heterocycles. The maximum Gasteiger partial charge on any atom is 0.308 e. The van der Waals surface area contributed by atoms with Crippen molar-refractivity contribution in [2.45, 2.75) is 66.0 Å². The van der Waals surface area contributed by atoms with Crippen LogP contribution in [-0.2, 0) is 24.2 Å². The number of ketones is 1. The molecule has 3 aromatic rings. The van der Waals surface area contributed by atoms with Gasteiger partial charge in [-0.2, -0.15) is 0 Å². The number of Topliss-reactive ketones (excluding diaryl/α,β-unsaturated/α-hetero) is 1. The van der Waals surface area contributed by atoms with Gasteiger partial charge in [0.2, 0.25) is 9.84 Å². The van der Waals surface area contributed by atoms with E-state index in [-0.39, 0.29) is 25.5 Å². The van der Waals surface area contributed by atoms with Gasteiger partial charge >= 0.3 is 11.9 Å². The van der Waals surface area contributed by atoms with Crippen LogP contribution in [0.1, 0.15) is 47.1 Å². The fourth-order valence-electron chi connectivity index (χ4n) is 4.31. The number of carbonyl (C=O) groups excluding carboxylic acids is 3. The predicted molar refractivity (Wildman–Crippen MR) is 177 cm³/mol. The third-order valence-corrected chi connectivity index (χ3v) is 13.9. The Hall–Kier alpha value is -2.90. The highest BCUT2D eigenvalue weighted by Gasteiger charge is 2.43. The lowest BCUT2D eigenvalue weighted by molar-refractivity contribution is -0.133. The number of sulfone groups is 1. The fourth-order valence-corrected chi connectivity index (χ4v) is 12.0. The lowest BCUT2D eigenvalue weighted by atomic mass is 9.91. The molecule has 0 atom stereocenters. The lowest BCUT2D eigenvalue weighted by Crippen LogP contribution is -2.27. The first-order valence-corrected chi connectivity index (χ1v) is 18.1. The molecule has 0 aliphatic carbocycles. The third-order valence-electron chi connectivity index (χ3n) is 6.42. The van der Waals surface area contributed by atoms with E-state index < -0.39 is 33.0 Å². The topological polar surface area (TPSA) is 104 Å². The van der Waals surface area contributed by atoms with E-state index in [1.54, 1.807) is 39.0 Å². The van der Waals surface area contributed by atoms with Crippen LogP contribution in [0.2, 0.25) is 0 Å². The van der Waals surface area contributed by atoms with Gasteiger partial charge in [-0.25, -0.2) is 8.42 Å². The number of hydrogen-bond donors (Lipinski definition) is 0. The Kier molecular flexibility index (Phi) is 9.21. The number of benzene rings is 3. The van der Waals surface area contributed by atoms with Gasteiger partial charge in [0.1, 0.15) is 4.91 Å². The highest BCUT2D eigenvalue weighted by Crippen LogP contribution is 2.69. The van der Waals surface area contributed by atoms with E-state index >= 15 is 0 Å². The second-order valence-electron chi connectivity index (χ2n) is 10.9. The number of hydrogen-bond acceptors (Lipinski definition) is 11. The summed E-state index contributed by atoms with van der Waals surface area (Å²) in [5, 5.41) is 0. The summed E-state index contributed by atoms with van der Waals surface area (Å²) in [6.07, 6.45) is 0. The van der Waals surface area contributed by atoms with Crippen LogP contribution < -0.4 is 9.47 Å². The van der Waals surface area contributed by atoms with E-state index in [9.17, 15) is 22.8 Å². The van der Waals surface area contributed by atoms with Gasteiger partial charge in [0.15, 0.2) is 17.3 Å². The van der Waals surface area contributed by atoms with Gasteiger partial charge in [-0.05, 0) is 30.2 Å². The summed E-state index contributed by atoms with van der Waals surface area (Å²) in [4.78, 5) is 40.2. The summed E-state index contributed by atoms with van der Waals surface area (Å²) in [6, 6.07) is 17.6. The maximum atomic E-state index is 14.0. The monoisotopic (exact) mass is 684 g/mol. The van der Waals surface area contributed by atoms with Crippen molar-refractivity contribution >= 4 is 80.2 Å². The predicted octanol–water partition coefficient (Wildman–Crippen LogP) is 8.58. The molecule has 0 aromatic heterocycles. The Morgan fingerprint density at radius 2 is 1.05 bits per heavy atom. The average molecular weight is 685 g/mol. The molecule has 0 bridgehead atoms. The third kappa shape index (κ3) is 6.28. The first-order chi connectivity index (χ1) is 20.7. The van der Waals surface area contributed by atoms with E-state index in [4.69, 9.17) is 9.47 Å². The SMILES string of the molecule is CC(=O)Oc1c2c(c(OC(C)=O)c3c1SC(=C(C(=O)C(C)(C)C)S(=O)(=O)c1ccccc1)S3)SC(=C(C)c1ccccc1)S2. The second kappa shape index (κ2) is 12.5. The van der Waals surface area contributed by atoms with Gasteiger partial charge in [-0.1, -0.05) is 116 Å². The molecule has 7 nitrogen and oxygen atoms in total. The molecule has 228 valence electrons. The maximum absolute atomic E-state index is 14.0. The molecule has 0 saturated heterocycles. The van der Waals surface area contributed by atoms with Crippen molar-refractivity contribution in [3.63, 3.8) is 0 Å². The molecule has 3 aromatic carbocycles. The summed E-state index contributed by atoms with van der Waals surface area (Å²) >= 11 is 4.83. The lowest BCUT2D eigenvalue weighted by Gasteiger charge is -2.20. The molecule has 0 spiro atoms.